The summed E-state index contributed by atoms with van der Waals surface area (Å²) in [6, 6.07) is 4.44. The van der Waals surface area contributed by atoms with Crippen LogP contribution >= 0.6 is 0 Å². The molecule has 1 aromatic rings. The first kappa shape index (κ1) is 15.6. The van der Waals surface area contributed by atoms with Gasteiger partial charge in [0.05, 0.1) is 11.1 Å². The largest absolute Gasteiger partial charge is 0.478 e. The quantitative estimate of drug-likeness (QED) is 0.805. The van der Waals surface area contributed by atoms with Crippen molar-refractivity contribution in [1.82, 2.24) is 0 Å². The molecule has 0 aliphatic rings. The molecule has 0 spiro atoms. The monoisotopic (exact) mass is 298 g/mol. The maximum absolute atomic E-state index is 11.1. The van der Waals surface area contributed by atoms with Gasteiger partial charge in [0.2, 0.25) is 0 Å². The Bertz CT molecular complexity index is 507. The standard InChI is InChI=1S/C12H18O5Si2/c1-18(17-19(2,3)4)8-5-6-9(11(13)14)10(7-8)12(15)16/h5-7,18H,1-4H3,(H,13,14)(H,15,16). The summed E-state index contributed by atoms with van der Waals surface area (Å²) < 4.78 is 6.00. The summed E-state index contributed by atoms with van der Waals surface area (Å²) in [5.41, 5.74) is -0.367. The molecule has 1 rings (SSSR count). The lowest BCUT2D eigenvalue weighted by Gasteiger charge is -2.23. The number of carbonyl (C=O) groups is 2. The van der Waals surface area contributed by atoms with Crippen LogP contribution in [0.4, 0.5) is 0 Å². The number of carboxylic acid groups (broad SMARTS) is 2. The van der Waals surface area contributed by atoms with Crippen molar-refractivity contribution in [2.45, 2.75) is 26.2 Å². The zero-order chi connectivity index (χ0) is 14.8. The maximum Gasteiger partial charge on any atom is 0.336 e. The van der Waals surface area contributed by atoms with E-state index in [1.165, 1.54) is 12.1 Å². The average Bonchev–Trinajstić information content (AvgIpc) is 2.25. The third-order valence-corrected chi connectivity index (χ3v) is 8.04. The van der Waals surface area contributed by atoms with E-state index in [0.29, 0.717) is 0 Å². The Balaban J connectivity index is 3.15. The second-order valence-corrected chi connectivity index (χ2v) is 12.4. The second kappa shape index (κ2) is 5.68. The highest BCUT2D eigenvalue weighted by Gasteiger charge is 2.23. The SMILES string of the molecule is C[SiH](O[Si](C)(C)C)c1ccc(C(=O)O)c(C(=O)O)c1. The normalized spacial score (nSPS) is 13.1. The molecule has 1 atom stereocenters. The van der Waals surface area contributed by atoms with E-state index < -0.39 is 29.3 Å². The van der Waals surface area contributed by atoms with Gasteiger partial charge in [0, 0.05) is 0 Å². The second-order valence-electron chi connectivity index (χ2n) is 5.29. The molecule has 0 heterocycles. The Labute approximate surface area is 114 Å². The van der Waals surface area contributed by atoms with Gasteiger partial charge < -0.3 is 14.3 Å². The van der Waals surface area contributed by atoms with Crippen LogP contribution in [0.5, 0.6) is 0 Å². The smallest absolute Gasteiger partial charge is 0.336 e. The number of hydrogen-bond donors (Lipinski definition) is 2. The minimum atomic E-state index is -1.70. The first-order valence-corrected chi connectivity index (χ1v) is 11.5. The van der Waals surface area contributed by atoms with Gasteiger partial charge in [0.1, 0.15) is 0 Å². The topological polar surface area (TPSA) is 83.8 Å². The summed E-state index contributed by atoms with van der Waals surface area (Å²) in [7, 11) is -3.39. The first-order valence-electron chi connectivity index (χ1n) is 5.90. The zero-order valence-corrected chi connectivity index (χ0v) is 13.6. The predicted molar refractivity (Wildman–Crippen MR) is 77.4 cm³/mol. The third-order valence-electron chi connectivity index (χ3n) is 2.50. The maximum atomic E-state index is 11.1. The van der Waals surface area contributed by atoms with Crippen LogP contribution in [0.15, 0.2) is 18.2 Å². The summed E-state index contributed by atoms with van der Waals surface area (Å²) in [6.07, 6.45) is 0. The van der Waals surface area contributed by atoms with Crippen molar-refractivity contribution in [3.8, 4) is 0 Å². The Kier molecular flexibility index (Phi) is 4.67. The average molecular weight is 298 g/mol. The van der Waals surface area contributed by atoms with Crippen molar-refractivity contribution in [3.05, 3.63) is 29.3 Å². The van der Waals surface area contributed by atoms with Gasteiger partial charge in [-0.05, 0) is 43.5 Å². The summed E-state index contributed by atoms with van der Waals surface area (Å²) in [4.78, 5) is 22.1. The van der Waals surface area contributed by atoms with E-state index in [0.717, 1.165) is 5.19 Å². The Morgan fingerprint density at radius 1 is 1.11 bits per heavy atom. The fourth-order valence-corrected chi connectivity index (χ4v) is 7.33. The molecular formula is C12H18O5Si2. The van der Waals surface area contributed by atoms with Crippen LogP contribution < -0.4 is 5.19 Å². The van der Waals surface area contributed by atoms with Crippen LogP contribution in [0.1, 0.15) is 20.7 Å². The zero-order valence-electron chi connectivity index (χ0n) is 11.4. The van der Waals surface area contributed by atoms with E-state index in [9.17, 15) is 9.59 Å². The van der Waals surface area contributed by atoms with Crippen LogP contribution in [0.3, 0.4) is 0 Å². The first-order chi connectivity index (χ1) is 8.61. The molecule has 5 nitrogen and oxygen atoms in total. The number of aromatic carboxylic acids is 2. The number of rotatable bonds is 5. The van der Waals surface area contributed by atoms with Crippen molar-refractivity contribution in [2.75, 3.05) is 0 Å². The van der Waals surface area contributed by atoms with E-state index in [2.05, 4.69) is 19.6 Å². The lowest BCUT2D eigenvalue weighted by atomic mass is 10.1. The number of benzene rings is 1. The Morgan fingerprint density at radius 2 is 1.63 bits per heavy atom. The molecule has 19 heavy (non-hydrogen) atoms. The number of hydrogen-bond acceptors (Lipinski definition) is 3. The van der Waals surface area contributed by atoms with Crippen LogP contribution in [-0.4, -0.2) is 39.5 Å². The molecule has 7 heteroatoms. The molecule has 1 unspecified atom stereocenters. The molecule has 104 valence electrons. The fraction of sp³-hybridized carbons (Fsp3) is 0.333. The summed E-state index contributed by atoms with van der Waals surface area (Å²) in [5.74, 6) is -2.46. The van der Waals surface area contributed by atoms with Crippen molar-refractivity contribution in [2.24, 2.45) is 0 Å². The van der Waals surface area contributed by atoms with Crippen molar-refractivity contribution in [1.29, 1.82) is 0 Å². The summed E-state index contributed by atoms with van der Waals surface area (Å²) in [5, 5.41) is 18.8. The van der Waals surface area contributed by atoms with Gasteiger partial charge in [0.15, 0.2) is 17.4 Å². The molecule has 0 aromatic heterocycles. The molecule has 0 bridgehead atoms. The highest BCUT2D eigenvalue weighted by molar-refractivity contribution is 6.81. The minimum Gasteiger partial charge on any atom is -0.478 e. The lowest BCUT2D eigenvalue weighted by Crippen LogP contribution is -2.41. The van der Waals surface area contributed by atoms with Gasteiger partial charge >= 0.3 is 11.9 Å². The predicted octanol–water partition coefficient (Wildman–Crippen LogP) is 1.50. The Morgan fingerprint density at radius 3 is 2.05 bits per heavy atom. The van der Waals surface area contributed by atoms with E-state index in [-0.39, 0.29) is 11.1 Å². The van der Waals surface area contributed by atoms with Gasteiger partial charge in [-0.15, -0.1) is 0 Å². The van der Waals surface area contributed by atoms with Crippen LogP contribution in [0, 0.1) is 0 Å². The van der Waals surface area contributed by atoms with Gasteiger partial charge in [-0.25, -0.2) is 9.59 Å². The van der Waals surface area contributed by atoms with E-state index in [1.54, 1.807) is 6.07 Å². The van der Waals surface area contributed by atoms with Crippen molar-refractivity contribution in [3.63, 3.8) is 0 Å². The molecule has 0 amide bonds. The van der Waals surface area contributed by atoms with Gasteiger partial charge in [-0.2, -0.15) is 0 Å². The van der Waals surface area contributed by atoms with Crippen molar-refractivity contribution >= 4 is 34.5 Å². The molecule has 0 fully saturated rings. The third kappa shape index (κ3) is 4.30. The summed E-state index contributed by atoms with van der Waals surface area (Å²) in [6.45, 7) is 8.18. The van der Waals surface area contributed by atoms with Crippen LogP contribution in [0.2, 0.25) is 26.2 Å². The molecule has 0 aliphatic heterocycles. The summed E-state index contributed by atoms with van der Waals surface area (Å²) >= 11 is 0. The molecule has 0 saturated carbocycles. The number of carboxylic acids is 2. The Hall–Kier alpha value is -1.45. The molecular weight excluding hydrogens is 280 g/mol. The highest BCUT2D eigenvalue weighted by Crippen LogP contribution is 2.10. The van der Waals surface area contributed by atoms with E-state index in [1.807, 2.05) is 6.55 Å². The van der Waals surface area contributed by atoms with E-state index >= 15 is 0 Å². The molecule has 1 aromatic carbocycles. The van der Waals surface area contributed by atoms with Gasteiger partial charge in [0.25, 0.3) is 0 Å². The van der Waals surface area contributed by atoms with Gasteiger partial charge in [-0.3, -0.25) is 0 Å². The molecule has 0 radical (unpaired) electrons. The van der Waals surface area contributed by atoms with Gasteiger partial charge in [-0.1, -0.05) is 6.07 Å². The molecule has 0 aliphatic carbocycles. The molecule has 0 saturated heterocycles. The highest BCUT2D eigenvalue weighted by atomic mass is 28.4. The minimum absolute atomic E-state index is 0.177. The van der Waals surface area contributed by atoms with Crippen molar-refractivity contribution < 1.29 is 23.9 Å². The molecule has 2 N–H and O–H groups in total. The van der Waals surface area contributed by atoms with Crippen LogP contribution in [-0.2, 0) is 4.12 Å². The van der Waals surface area contributed by atoms with E-state index in [4.69, 9.17) is 14.3 Å². The lowest BCUT2D eigenvalue weighted by molar-refractivity contribution is 0.0651. The van der Waals surface area contributed by atoms with Crippen LogP contribution in [0.25, 0.3) is 0 Å². The fourth-order valence-electron chi connectivity index (χ4n) is 1.78.